The number of aliphatic hydroxyl groups is 1. The summed E-state index contributed by atoms with van der Waals surface area (Å²) in [4.78, 5) is 0. The quantitative estimate of drug-likeness (QED) is 0.774. The van der Waals surface area contributed by atoms with E-state index in [-0.39, 0.29) is 5.92 Å². The molecule has 3 heteroatoms. The lowest BCUT2D eigenvalue weighted by atomic mass is 9.87. The van der Waals surface area contributed by atoms with E-state index in [0.717, 1.165) is 11.3 Å². The fraction of sp³-hybridized carbons (Fsp3) is 0.636. The van der Waals surface area contributed by atoms with Crippen molar-refractivity contribution in [2.75, 3.05) is 6.54 Å². The van der Waals surface area contributed by atoms with Crippen LogP contribution in [-0.4, -0.2) is 11.7 Å². The first-order valence-electron chi connectivity index (χ1n) is 4.99. The first kappa shape index (κ1) is 11.3. The van der Waals surface area contributed by atoms with Gasteiger partial charge in [-0.05, 0) is 25.5 Å². The molecule has 2 unspecified atom stereocenters. The third-order valence-corrected chi connectivity index (χ3v) is 2.63. The lowest BCUT2D eigenvalue weighted by molar-refractivity contribution is 0.0855. The van der Waals surface area contributed by atoms with Gasteiger partial charge in [0.05, 0.1) is 12.4 Å². The van der Waals surface area contributed by atoms with E-state index < -0.39 is 6.10 Å². The Kier molecular flexibility index (Phi) is 3.72. The fourth-order valence-corrected chi connectivity index (χ4v) is 1.63. The first-order valence-corrected chi connectivity index (χ1v) is 4.99. The van der Waals surface area contributed by atoms with Gasteiger partial charge in [0.15, 0.2) is 0 Å². The number of rotatable bonds is 4. The van der Waals surface area contributed by atoms with Crippen molar-refractivity contribution < 1.29 is 9.52 Å². The van der Waals surface area contributed by atoms with E-state index in [0.29, 0.717) is 12.5 Å². The number of hydrogen-bond donors (Lipinski definition) is 2. The van der Waals surface area contributed by atoms with Crippen LogP contribution in [-0.2, 0) is 0 Å². The fourth-order valence-electron chi connectivity index (χ4n) is 1.63. The lowest BCUT2D eigenvalue weighted by Crippen LogP contribution is -2.26. The van der Waals surface area contributed by atoms with Crippen LogP contribution in [0, 0.1) is 18.8 Å². The monoisotopic (exact) mass is 197 g/mol. The van der Waals surface area contributed by atoms with E-state index in [9.17, 15) is 5.11 Å². The second-order valence-electron chi connectivity index (χ2n) is 4.08. The summed E-state index contributed by atoms with van der Waals surface area (Å²) in [5.41, 5.74) is 6.45. The van der Waals surface area contributed by atoms with Gasteiger partial charge in [-0.1, -0.05) is 13.8 Å². The Morgan fingerprint density at radius 3 is 2.50 bits per heavy atom. The summed E-state index contributed by atoms with van der Waals surface area (Å²) in [6, 6.07) is 1.86. The molecule has 3 N–H and O–H groups in total. The van der Waals surface area contributed by atoms with Crippen LogP contribution in [0.1, 0.15) is 31.3 Å². The topological polar surface area (TPSA) is 59.4 Å². The molecule has 0 aliphatic carbocycles. The van der Waals surface area contributed by atoms with Crippen molar-refractivity contribution in [2.45, 2.75) is 26.9 Å². The summed E-state index contributed by atoms with van der Waals surface area (Å²) in [6.45, 7) is 6.48. The van der Waals surface area contributed by atoms with E-state index >= 15 is 0 Å². The maximum absolute atomic E-state index is 10.0. The zero-order chi connectivity index (χ0) is 10.7. The van der Waals surface area contributed by atoms with Crippen LogP contribution in [0.15, 0.2) is 16.7 Å². The summed E-state index contributed by atoms with van der Waals surface area (Å²) in [5.74, 6) is 1.27. The Bertz CT molecular complexity index is 281. The zero-order valence-electron chi connectivity index (χ0n) is 9.03. The van der Waals surface area contributed by atoms with Crippen molar-refractivity contribution in [3.63, 3.8) is 0 Å². The van der Waals surface area contributed by atoms with E-state index in [4.69, 9.17) is 10.2 Å². The highest BCUT2D eigenvalue weighted by atomic mass is 16.3. The van der Waals surface area contributed by atoms with Crippen molar-refractivity contribution in [3.05, 3.63) is 23.7 Å². The molecular weight excluding hydrogens is 178 g/mol. The van der Waals surface area contributed by atoms with Gasteiger partial charge in [-0.2, -0.15) is 0 Å². The van der Waals surface area contributed by atoms with Gasteiger partial charge in [0.2, 0.25) is 0 Å². The minimum atomic E-state index is -0.516. The molecule has 0 fully saturated rings. The predicted molar refractivity (Wildman–Crippen MR) is 55.8 cm³/mol. The SMILES string of the molecule is Cc1cc(C(O)C(CN)C(C)C)co1. The largest absolute Gasteiger partial charge is 0.469 e. The predicted octanol–water partition coefficient (Wildman–Crippen LogP) is 1.85. The second kappa shape index (κ2) is 4.62. The molecule has 1 aromatic rings. The Morgan fingerprint density at radius 2 is 2.14 bits per heavy atom. The van der Waals surface area contributed by atoms with Gasteiger partial charge in [0.1, 0.15) is 5.76 Å². The van der Waals surface area contributed by atoms with Crippen LogP contribution in [0.3, 0.4) is 0 Å². The third kappa shape index (κ3) is 2.36. The standard InChI is InChI=1S/C11H19NO2/c1-7(2)10(5-12)11(13)9-4-8(3)14-6-9/h4,6-7,10-11,13H,5,12H2,1-3H3. The molecule has 0 saturated heterocycles. The highest BCUT2D eigenvalue weighted by Crippen LogP contribution is 2.28. The van der Waals surface area contributed by atoms with Gasteiger partial charge >= 0.3 is 0 Å². The number of hydrogen-bond acceptors (Lipinski definition) is 3. The Labute approximate surface area is 84.9 Å². The average molecular weight is 197 g/mol. The molecule has 0 saturated carbocycles. The molecule has 1 rings (SSSR count). The highest BCUT2D eigenvalue weighted by Gasteiger charge is 2.23. The van der Waals surface area contributed by atoms with Crippen LogP contribution in [0.4, 0.5) is 0 Å². The molecule has 0 aromatic carbocycles. The van der Waals surface area contributed by atoms with Crippen LogP contribution in [0.25, 0.3) is 0 Å². The van der Waals surface area contributed by atoms with E-state index in [1.807, 2.05) is 13.0 Å². The molecule has 2 atom stereocenters. The summed E-state index contributed by atoms with van der Waals surface area (Å²) in [5, 5.41) is 10.0. The van der Waals surface area contributed by atoms with E-state index in [1.165, 1.54) is 0 Å². The molecule has 14 heavy (non-hydrogen) atoms. The summed E-state index contributed by atoms with van der Waals surface area (Å²) < 4.78 is 5.16. The van der Waals surface area contributed by atoms with Crippen LogP contribution < -0.4 is 5.73 Å². The van der Waals surface area contributed by atoms with Gasteiger partial charge in [0, 0.05) is 11.5 Å². The van der Waals surface area contributed by atoms with Crippen molar-refractivity contribution in [3.8, 4) is 0 Å². The maximum atomic E-state index is 10.0. The minimum absolute atomic E-state index is 0.0898. The number of furan rings is 1. The lowest BCUT2D eigenvalue weighted by Gasteiger charge is -2.23. The van der Waals surface area contributed by atoms with E-state index in [2.05, 4.69) is 13.8 Å². The molecule has 0 aliphatic rings. The Hall–Kier alpha value is -0.800. The summed E-state index contributed by atoms with van der Waals surface area (Å²) in [7, 11) is 0. The Balaban J connectivity index is 2.77. The zero-order valence-corrected chi connectivity index (χ0v) is 9.03. The molecule has 3 nitrogen and oxygen atoms in total. The van der Waals surface area contributed by atoms with Crippen molar-refractivity contribution in [1.29, 1.82) is 0 Å². The van der Waals surface area contributed by atoms with Crippen LogP contribution in [0.2, 0.25) is 0 Å². The van der Waals surface area contributed by atoms with Gasteiger partial charge in [-0.3, -0.25) is 0 Å². The number of nitrogens with two attached hydrogens (primary N) is 1. The molecule has 1 heterocycles. The van der Waals surface area contributed by atoms with Crippen LogP contribution >= 0.6 is 0 Å². The van der Waals surface area contributed by atoms with Crippen LogP contribution in [0.5, 0.6) is 0 Å². The summed E-state index contributed by atoms with van der Waals surface area (Å²) in [6.07, 6.45) is 1.09. The molecule has 1 aromatic heterocycles. The van der Waals surface area contributed by atoms with Crippen molar-refractivity contribution >= 4 is 0 Å². The van der Waals surface area contributed by atoms with Gasteiger partial charge < -0.3 is 15.3 Å². The molecular formula is C11H19NO2. The van der Waals surface area contributed by atoms with Crippen molar-refractivity contribution in [2.24, 2.45) is 17.6 Å². The number of aliphatic hydroxyl groups excluding tert-OH is 1. The molecule has 0 spiro atoms. The normalized spacial score (nSPS) is 15.9. The van der Waals surface area contributed by atoms with E-state index in [1.54, 1.807) is 6.26 Å². The Morgan fingerprint density at radius 1 is 1.50 bits per heavy atom. The van der Waals surface area contributed by atoms with Gasteiger partial charge in [-0.25, -0.2) is 0 Å². The van der Waals surface area contributed by atoms with Crippen molar-refractivity contribution in [1.82, 2.24) is 0 Å². The smallest absolute Gasteiger partial charge is 0.101 e. The molecule has 80 valence electrons. The maximum Gasteiger partial charge on any atom is 0.101 e. The average Bonchev–Trinajstić information content (AvgIpc) is 2.52. The highest BCUT2D eigenvalue weighted by molar-refractivity contribution is 5.15. The second-order valence-corrected chi connectivity index (χ2v) is 4.08. The van der Waals surface area contributed by atoms with Gasteiger partial charge in [-0.15, -0.1) is 0 Å². The van der Waals surface area contributed by atoms with Gasteiger partial charge in [0.25, 0.3) is 0 Å². The number of aryl methyl sites for hydroxylation is 1. The molecule has 0 bridgehead atoms. The molecule has 0 aliphatic heterocycles. The third-order valence-electron chi connectivity index (χ3n) is 2.63. The summed E-state index contributed by atoms with van der Waals surface area (Å²) >= 11 is 0. The molecule has 0 radical (unpaired) electrons. The first-order chi connectivity index (χ1) is 6.56. The minimum Gasteiger partial charge on any atom is -0.469 e. The molecule has 0 amide bonds.